The van der Waals surface area contributed by atoms with Crippen molar-refractivity contribution >= 4 is 27.5 Å². The van der Waals surface area contributed by atoms with Crippen molar-refractivity contribution in [3.63, 3.8) is 0 Å². The molecule has 1 aliphatic rings. The molecule has 0 bridgehead atoms. The van der Waals surface area contributed by atoms with E-state index >= 15 is 0 Å². The van der Waals surface area contributed by atoms with E-state index in [0.29, 0.717) is 27.2 Å². The van der Waals surface area contributed by atoms with Crippen LogP contribution in [0.4, 0.5) is 10.1 Å². The van der Waals surface area contributed by atoms with Crippen molar-refractivity contribution in [1.29, 1.82) is 0 Å². The van der Waals surface area contributed by atoms with Crippen LogP contribution in [-0.4, -0.2) is 12.7 Å². The highest BCUT2D eigenvalue weighted by atomic mass is 79.9. The summed E-state index contributed by atoms with van der Waals surface area (Å²) < 4.78 is 24.2. The maximum Gasteiger partial charge on any atom is 0.255 e. The molecule has 3 rings (SSSR count). The zero-order chi connectivity index (χ0) is 14.1. The number of benzene rings is 2. The normalized spacial score (nSPS) is 12.3. The topological polar surface area (TPSA) is 47.6 Å². The Bertz CT molecular complexity index is 690. The predicted octanol–water partition coefficient (Wildman–Crippen LogP) is 3.57. The average molecular weight is 338 g/mol. The zero-order valence-electron chi connectivity index (χ0n) is 10.2. The molecule has 0 saturated heterocycles. The van der Waals surface area contributed by atoms with E-state index < -0.39 is 5.82 Å². The molecule has 1 heterocycles. The summed E-state index contributed by atoms with van der Waals surface area (Å²) in [6.45, 7) is 0.149. The summed E-state index contributed by atoms with van der Waals surface area (Å²) in [5.41, 5.74) is 0.776. The van der Waals surface area contributed by atoms with Gasteiger partial charge in [0.05, 0.1) is 5.69 Å². The fourth-order valence-corrected chi connectivity index (χ4v) is 2.17. The van der Waals surface area contributed by atoms with Crippen LogP contribution in [0.5, 0.6) is 11.5 Å². The van der Waals surface area contributed by atoms with Gasteiger partial charge in [0.25, 0.3) is 5.91 Å². The number of ether oxygens (including phenoxy) is 2. The Hall–Kier alpha value is -2.08. The SMILES string of the molecule is O=C(Nc1cc(F)ccc1Br)c1ccc2c(c1)OCO2. The van der Waals surface area contributed by atoms with Crippen LogP contribution in [0.2, 0.25) is 0 Å². The Labute approximate surface area is 122 Å². The van der Waals surface area contributed by atoms with Crippen LogP contribution in [0.15, 0.2) is 40.9 Å². The summed E-state index contributed by atoms with van der Waals surface area (Å²) in [4.78, 5) is 12.1. The van der Waals surface area contributed by atoms with Gasteiger partial charge in [-0.05, 0) is 52.3 Å². The van der Waals surface area contributed by atoms with Crippen LogP contribution in [-0.2, 0) is 0 Å². The van der Waals surface area contributed by atoms with Gasteiger partial charge in [0.15, 0.2) is 11.5 Å². The maximum atomic E-state index is 13.2. The van der Waals surface area contributed by atoms with Crippen LogP contribution < -0.4 is 14.8 Å². The summed E-state index contributed by atoms with van der Waals surface area (Å²) in [7, 11) is 0. The number of nitrogens with one attached hydrogen (secondary N) is 1. The molecule has 20 heavy (non-hydrogen) atoms. The number of carbonyl (C=O) groups is 1. The van der Waals surface area contributed by atoms with Gasteiger partial charge in [0.1, 0.15) is 5.82 Å². The van der Waals surface area contributed by atoms with E-state index in [1.54, 1.807) is 18.2 Å². The third-order valence-electron chi connectivity index (χ3n) is 2.81. The second kappa shape index (κ2) is 5.13. The molecule has 0 radical (unpaired) electrons. The van der Waals surface area contributed by atoms with Crippen molar-refractivity contribution in [3.8, 4) is 11.5 Å². The van der Waals surface area contributed by atoms with Gasteiger partial charge in [-0.15, -0.1) is 0 Å². The summed E-state index contributed by atoms with van der Waals surface area (Å²) in [5, 5.41) is 2.64. The van der Waals surface area contributed by atoms with E-state index in [4.69, 9.17) is 9.47 Å². The lowest BCUT2D eigenvalue weighted by molar-refractivity contribution is 0.102. The van der Waals surface area contributed by atoms with Crippen molar-refractivity contribution < 1.29 is 18.7 Å². The number of rotatable bonds is 2. The van der Waals surface area contributed by atoms with E-state index in [2.05, 4.69) is 21.2 Å². The van der Waals surface area contributed by atoms with Gasteiger partial charge in [-0.2, -0.15) is 0 Å². The molecule has 2 aromatic carbocycles. The van der Waals surface area contributed by atoms with Crippen LogP contribution in [0, 0.1) is 5.82 Å². The lowest BCUT2D eigenvalue weighted by atomic mass is 10.2. The van der Waals surface area contributed by atoms with Crippen molar-refractivity contribution in [2.75, 3.05) is 12.1 Å². The number of halogens is 2. The molecular weight excluding hydrogens is 329 g/mol. The van der Waals surface area contributed by atoms with Crippen molar-refractivity contribution in [3.05, 3.63) is 52.3 Å². The molecule has 0 aromatic heterocycles. The third kappa shape index (κ3) is 2.46. The standard InChI is InChI=1S/C14H9BrFNO3/c15-10-3-2-9(16)6-11(10)17-14(18)8-1-4-12-13(5-8)20-7-19-12/h1-6H,7H2,(H,17,18). The smallest absolute Gasteiger partial charge is 0.255 e. The van der Waals surface area contributed by atoms with Crippen LogP contribution in [0.3, 0.4) is 0 Å². The quantitative estimate of drug-likeness (QED) is 0.911. The fourth-order valence-electron chi connectivity index (χ4n) is 1.83. The van der Waals surface area contributed by atoms with Crippen molar-refractivity contribution in [1.82, 2.24) is 0 Å². The molecule has 0 unspecified atom stereocenters. The van der Waals surface area contributed by atoms with E-state index in [1.165, 1.54) is 18.2 Å². The maximum absolute atomic E-state index is 13.2. The first-order valence-electron chi connectivity index (χ1n) is 5.79. The van der Waals surface area contributed by atoms with Gasteiger partial charge >= 0.3 is 0 Å². The van der Waals surface area contributed by atoms with Gasteiger partial charge in [0.2, 0.25) is 6.79 Å². The number of carbonyl (C=O) groups excluding carboxylic acids is 1. The molecule has 0 atom stereocenters. The summed E-state index contributed by atoms with van der Waals surface area (Å²) in [5.74, 6) is 0.355. The van der Waals surface area contributed by atoms with E-state index in [1.807, 2.05) is 0 Å². The number of amides is 1. The Balaban J connectivity index is 1.84. The number of hydrogen-bond donors (Lipinski definition) is 1. The van der Waals surface area contributed by atoms with Crippen LogP contribution in [0.1, 0.15) is 10.4 Å². The van der Waals surface area contributed by atoms with Crippen LogP contribution in [0.25, 0.3) is 0 Å². The minimum Gasteiger partial charge on any atom is -0.454 e. The first-order valence-corrected chi connectivity index (χ1v) is 6.59. The molecular formula is C14H9BrFNO3. The molecule has 0 saturated carbocycles. The molecule has 1 N–H and O–H groups in total. The largest absolute Gasteiger partial charge is 0.454 e. The molecule has 2 aromatic rings. The molecule has 6 heteroatoms. The monoisotopic (exact) mass is 337 g/mol. The van der Waals surface area contributed by atoms with E-state index in [9.17, 15) is 9.18 Å². The van der Waals surface area contributed by atoms with Crippen molar-refractivity contribution in [2.24, 2.45) is 0 Å². The molecule has 0 fully saturated rings. The highest BCUT2D eigenvalue weighted by molar-refractivity contribution is 9.10. The molecule has 0 spiro atoms. The average Bonchev–Trinajstić information content (AvgIpc) is 2.90. The summed E-state index contributed by atoms with van der Waals surface area (Å²) >= 11 is 3.26. The second-order valence-corrected chi connectivity index (χ2v) is 5.00. The lowest BCUT2D eigenvalue weighted by Crippen LogP contribution is -2.12. The number of hydrogen-bond acceptors (Lipinski definition) is 3. The number of fused-ring (bicyclic) bond motifs is 1. The highest BCUT2D eigenvalue weighted by Crippen LogP contribution is 2.33. The second-order valence-electron chi connectivity index (χ2n) is 4.15. The van der Waals surface area contributed by atoms with Gasteiger partial charge in [-0.3, -0.25) is 4.79 Å². The molecule has 102 valence electrons. The van der Waals surface area contributed by atoms with Gasteiger partial charge < -0.3 is 14.8 Å². The van der Waals surface area contributed by atoms with Gasteiger partial charge in [-0.25, -0.2) is 4.39 Å². The summed E-state index contributed by atoms with van der Waals surface area (Å²) in [6, 6.07) is 8.96. The minimum atomic E-state index is -0.422. The molecule has 1 aliphatic heterocycles. The lowest BCUT2D eigenvalue weighted by Gasteiger charge is -2.08. The summed E-state index contributed by atoms with van der Waals surface area (Å²) in [6.07, 6.45) is 0. The molecule has 0 aliphatic carbocycles. The third-order valence-corrected chi connectivity index (χ3v) is 3.50. The fraction of sp³-hybridized carbons (Fsp3) is 0.0714. The Morgan fingerprint density at radius 1 is 1.15 bits per heavy atom. The molecule has 1 amide bonds. The van der Waals surface area contributed by atoms with Crippen LogP contribution >= 0.6 is 15.9 Å². The van der Waals surface area contributed by atoms with Crippen molar-refractivity contribution in [2.45, 2.75) is 0 Å². The minimum absolute atomic E-state index is 0.149. The van der Waals surface area contributed by atoms with E-state index in [-0.39, 0.29) is 12.7 Å². The highest BCUT2D eigenvalue weighted by Gasteiger charge is 2.16. The Kier molecular flexibility index (Phi) is 3.31. The Morgan fingerprint density at radius 3 is 2.80 bits per heavy atom. The predicted molar refractivity (Wildman–Crippen MR) is 74.6 cm³/mol. The van der Waals surface area contributed by atoms with Gasteiger partial charge in [-0.1, -0.05) is 0 Å². The number of anilines is 1. The zero-order valence-corrected chi connectivity index (χ0v) is 11.7. The van der Waals surface area contributed by atoms with E-state index in [0.717, 1.165) is 0 Å². The molecule has 4 nitrogen and oxygen atoms in total. The first-order chi connectivity index (χ1) is 9.63. The van der Waals surface area contributed by atoms with Gasteiger partial charge in [0, 0.05) is 10.0 Å². The first kappa shape index (κ1) is 12.9. The Morgan fingerprint density at radius 2 is 1.95 bits per heavy atom.